The molecule has 3 rings (SSSR count). The third-order valence-corrected chi connectivity index (χ3v) is 4.72. The fraction of sp³-hybridized carbons (Fsp3) is 0.647. The van der Waals surface area contributed by atoms with Gasteiger partial charge in [0, 0.05) is 24.3 Å². The van der Waals surface area contributed by atoms with Gasteiger partial charge in [-0.3, -0.25) is 4.90 Å². The van der Waals surface area contributed by atoms with Crippen LogP contribution >= 0.6 is 0 Å². The highest BCUT2D eigenvalue weighted by atomic mass is 15.4. The maximum absolute atomic E-state index is 2.71. The molecule has 1 aliphatic heterocycles. The lowest BCUT2D eigenvalue weighted by Gasteiger charge is -2.45. The van der Waals surface area contributed by atoms with Gasteiger partial charge in [0.05, 0.1) is 6.67 Å². The van der Waals surface area contributed by atoms with Gasteiger partial charge in [-0.2, -0.15) is 0 Å². The molecule has 2 nitrogen and oxygen atoms in total. The topological polar surface area (TPSA) is 6.48 Å². The molecule has 0 spiro atoms. The van der Waals surface area contributed by atoms with Crippen LogP contribution in [0, 0.1) is 0 Å². The van der Waals surface area contributed by atoms with Crippen molar-refractivity contribution in [1.82, 2.24) is 4.90 Å². The van der Waals surface area contributed by atoms with Crippen molar-refractivity contribution in [3.05, 3.63) is 29.8 Å². The zero-order valence-electron chi connectivity index (χ0n) is 12.3. The molecule has 1 saturated carbocycles. The zero-order chi connectivity index (χ0) is 13.2. The fourth-order valence-electron chi connectivity index (χ4n) is 3.60. The van der Waals surface area contributed by atoms with Crippen LogP contribution in [0.5, 0.6) is 0 Å². The maximum Gasteiger partial charge on any atom is 0.0715 e. The number of hydrogen-bond acceptors (Lipinski definition) is 2. The third kappa shape index (κ3) is 2.64. The molecule has 19 heavy (non-hydrogen) atoms. The largest absolute Gasteiger partial charge is 0.356 e. The van der Waals surface area contributed by atoms with E-state index < -0.39 is 0 Å². The molecule has 0 amide bonds. The standard InChI is InChI=1S/C17H26N2/c1-14(2)19-13-18(16-9-4-3-5-10-16)12-15-8-6-7-11-17(15)19/h6-8,11,14,16H,3-5,9-10,12-13H2,1-2H3. The molecule has 1 aromatic carbocycles. The van der Waals surface area contributed by atoms with E-state index in [0.717, 1.165) is 19.3 Å². The molecule has 2 heteroatoms. The lowest BCUT2D eigenvalue weighted by molar-refractivity contribution is 0.138. The van der Waals surface area contributed by atoms with Crippen molar-refractivity contribution < 1.29 is 0 Å². The van der Waals surface area contributed by atoms with Crippen LogP contribution in [0.15, 0.2) is 24.3 Å². The molecular weight excluding hydrogens is 232 g/mol. The zero-order valence-corrected chi connectivity index (χ0v) is 12.3. The third-order valence-electron chi connectivity index (χ3n) is 4.72. The van der Waals surface area contributed by atoms with Gasteiger partial charge in [0.15, 0.2) is 0 Å². The Kier molecular flexibility index (Phi) is 3.79. The number of benzene rings is 1. The first-order valence-electron chi connectivity index (χ1n) is 7.84. The highest BCUT2D eigenvalue weighted by molar-refractivity contribution is 5.55. The second kappa shape index (κ2) is 5.54. The lowest BCUT2D eigenvalue weighted by atomic mass is 9.93. The quantitative estimate of drug-likeness (QED) is 0.791. The van der Waals surface area contributed by atoms with Crippen LogP contribution in [-0.4, -0.2) is 23.7 Å². The maximum atomic E-state index is 2.71. The van der Waals surface area contributed by atoms with E-state index in [1.165, 1.54) is 43.4 Å². The summed E-state index contributed by atoms with van der Waals surface area (Å²) in [6.07, 6.45) is 7.08. The molecule has 0 aromatic heterocycles. The molecule has 2 aliphatic rings. The minimum Gasteiger partial charge on any atom is -0.356 e. The molecule has 0 radical (unpaired) electrons. The van der Waals surface area contributed by atoms with Crippen LogP contribution in [0.1, 0.15) is 51.5 Å². The highest BCUT2D eigenvalue weighted by Crippen LogP contribution is 2.32. The summed E-state index contributed by atoms with van der Waals surface area (Å²) in [7, 11) is 0. The van der Waals surface area contributed by atoms with Crippen LogP contribution in [0.3, 0.4) is 0 Å². The van der Waals surface area contributed by atoms with E-state index in [0.29, 0.717) is 6.04 Å². The average Bonchev–Trinajstić information content (AvgIpc) is 2.47. The molecule has 0 atom stereocenters. The van der Waals surface area contributed by atoms with Crippen LogP contribution in [0.2, 0.25) is 0 Å². The van der Waals surface area contributed by atoms with Crippen LogP contribution in [-0.2, 0) is 6.54 Å². The summed E-state index contributed by atoms with van der Waals surface area (Å²) >= 11 is 0. The Balaban J connectivity index is 1.83. The molecule has 1 fully saturated rings. The van der Waals surface area contributed by atoms with Crippen molar-refractivity contribution in [3.8, 4) is 0 Å². The van der Waals surface area contributed by atoms with E-state index in [4.69, 9.17) is 0 Å². The highest BCUT2D eigenvalue weighted by Gasteiger charge is 2.29. The number of nitrogens with zero attached hydrogens (tertiary/aromatic N) is 2. The van der Waals surface area contributed by atoms with E-state index in [9.17, 15) is 0 Å². The van der Waals surface area contributed by atoms with Crippen molar-refractivity contribution in [2.45, 2.75) is 64.6 Å². The summed E-state index contributed by atoms with van der Waals surface area (Å²) in [5.74, 6) is 0. The van der Waals surface area contributed by atoms with Crippen molar-refractivity contribution >= 4 is 5.69 Å². The number of anilines is 1. The molecule has 0 unspecified atom stereocenters. The predicted molar refractivity (Wildman–Crippen MR) is 81.3 cm³/mol. The Hall–Kier alpha value is -1.02. The van der Waals surface area contributed by atoms with E-state index >= 15 is 0 Å². The first-order chi connectivity index (χ1) is 9.25. The van der Waals surface area contributed by atoms with Crippen molar-refractivity contribution in [3.63, 3.8) is 0 Å². The van der Waals surface area contributed by atoms with E-state index in [1.54, 1.807) is 0 Å². The van der Waals surface area contributed by atoms with Crippen LogP contribution < -0.4 is 4.90 Å². The second-order valence-corrected chi connectivity index (χ2v) is 6.37. The minimum absolute atomic E-state index is 0.576. The second-order valence-electron chi connectivity index (χ2n) is 6.37. The van der Waals surface area contributed by atoms with Crippen molar-refractivity contribution in [1.29, 1.82) is 0 Å². The Morgan fingerprint density at radius 1 is 1.05 bits per heavy atom. The summed E-state index contributed by atoms with van der Waals surface area (Å²) in [4.78, 5) is 5.27. The number of fused-ring (bicyclic) bond motifs is 1. The first-order valence-corrected chi connectivity index (χ1v) is 7.84. The summed E-state index contributed by atoms with van der Waals surface area (Å²) in [6.45, 7) is 6.87. The van der Waals surface area contributed by atoms with Crippen molar-refractivity contribution in [2.24, 2.45) is 0 Å². The number of hydrogen-bond donors (Lipinski definition) is 0. The summed E-state index contributed by atoms with van der Waals surface area (Å²) < 4.78 is 0. The van der Waals surface area contributed by atoms with Crippen LogP contribution in [0.25, 0.3) is 0 Å². The minimum atomic E-state index is 0.576. The molecule has 104 valence electrons. The van der Waals surface area contributed by atoms with Crippen molar-refractivity contribution in [2.75, 3.05) is 11.6 Å². The number of para-hydroxylation sites is 1. The normalized spacial score (nSPS) is 21.7. The monoisotopic (exact) mass is 258 g/mol. The van der Waals surface area contributed by atoms with Gasteiger partial charge in [0.1, 0.15) is 0 Å². The molecular formula is C17H26N2. The molecule has 0 bridgehead atoms. The molecule has 0 saturated heterocycles. The van der Waals surface area contributed by atoms with Gasteiger partial charge in [0.2, 0.25) is 0 Å². The van der Waals surface area contributed by atoms with Gasteiger partial charge in [-0.25, -0.2) is 0 Å². The fourth-order valence-corrected chi connectivity index (χ4v) is 3.60. The smallest absolute Gasteiger partial charge is 0.0715 e. The Bertz CT molecular complexity index is 421. The Labute approximate surface area is 117 Å². The molecule has 1 aliphatic carbocycles. The van der Waals surface area contributed by atoms with Crippen LogP contribution in [0.4, 0.5) is 5.69 Å². The summed E-state index contributed by atoms with van der Waals surface area (Å²) in [5, 5.41) is 0. The summed E-state index contributed by atoms with van der Waals surface area (Å²) in [5.41, 5.74) is 2.96. The lowest BCUT2D eigenvalue weighted by Crippen LogP contribution is -2.50. The number of rotatable bonds is 2. The SMILES string of the molecule is CC(C)N1CN(C2CCCCC2)Cc2ccccc21. The van der Waals surface area contributed by atoms with Gasteiger partial charge in [-0.1, -0.05) is 37.5 Å². The van der Waals surface area contributed by atoms with E-state index in [-0.39, 0.29) is 0 Å². The summed E-state index contributed by atoms with van der Waals surface area (Å²) in [6, 6.07) is 10.3. The predicted octanol–water partition coefficient (Wildman–Crippen LogP) is 4.01. The average molecular weight is 258 g/mol. The van der Waals surface area contributed by atoms with E-state index in [2.05, 4.69) is 47.9 Å². The van der Waals surface area contributed by atoms with Gasteiger partial charge in [-0.05, 0) is 38.3 Å². The molecule has 1 heterocycles. The van der Waals surface area contributed by atoms with Gasteiger partial charge < -0.3 is 4.90 Å². The van der Waals surface area contributed by atoms with E-state index in [1.807, 2.05) is 0 Å². The first kappa shape index (κ1) is 13.0. The van der Waals surface area contributed by atoms with Gasteiger partial charge >= 0.3 is 0 Å². The van der Waals surface area contributed by atoms with Gasteiger partial charge in [-0.15, -0.1) is 0 Å². The Morgan fingerprint density at radius 2 is 1.79 bits per heavy atom. The molecule has 1 aromatic rings. The van der Waals surface area contributed by atoms with Gasteiger partial charge in [0.25, 0.3) is 0 Å². The Morgan fingerprint density at radius 3 is 2.53 bits per heavy atom. The molecule has 0 N–H and O–H groups in total.